The Balaban J connectivity index is 1.50. The SMILES string of the molecule is CCCCOC(=O)N1Cc2c(F)c(N[C@@H]3CCOC[C@@H]3NC(=O)OC(C)(C)C)nc(-c3cc4ccncc4s3)c2C1=O. The van der Waals surface area contributed by atoms with E-state index in [1.165, 1.54) is 11.3 Å². The smallest absolute Gasteiger partial charge is 0.417 e. The number of rotatable bonds is 7. The summed E-state index contributed by atoms with van der Waals surface area (Å²) in [4.78, 5) is 49.2. The molecule has 1 saturated heterocycles. The Kier molecular flexibility index (Phi) is 8.60. The lowest BCUT2D eigenvalue weighted by Gasteiger charge is -2.33. The van der Waals surface area contributed by atoms with Gasteiger partial charge in [-0.05, 0) is 51.1 Å². The van der Waals surface area contributed by atoms with Gasteiger partial charge in [-0.15, -0.1) is 11.3 Å². The normalized spacial score (nSPS) is 18.6. The molecule has 2 N–H and O–H groups in total. The number of thiophene rings is 1. The van der Waals surface area contributed by atoms with Gasteiger partial charge in [-0.3, -0.25) is 9.78 Å². The van der Waals surface area contributed by atoms with Crippen LogP contribution in [0.1, 0.15) is 62.9 Å². The molecule has 2 aliphatic heterocycles. The molecule has 3 aromatic heterocycles. The number of imide groups is 1. The van der Waals surface area contributed by atoms with E-state index in [2.05, 4.69) is 20.6 Å². The predicted octanol–water partition coefficient (Wildman–Crippen LogP) is 5.48. The summed E-state index contributed by atoms with van der Waals surface area (Å²) >= 11 is 1.36. The van der Waals surface area contributed by atoms with Crippen molar-refractivity contribution in [1.29, 1.82) is 0 Å². The van der Waals surface area contributed by atoms with Crippen LogP contribution in [0.2, 0.25) is 0 Å². The van der Waals surface area contributed by atoms with Gasteiger partial charge in [0.2, 0.25) is 0 Å². The third-order valence-electron chi connectivity index (χ3n) is 6.89. The lowest BCUT2D eigenvalue weighted by atomic mass is 10.0. The van der Waals surface area contributed by atoms with Crippen LogP contribution in [0.5, 0.6) is 0 Å². The maximum Gasteiger partial charge on any atom is 0.417 e. The Labute approximate surface area is 246 Å². The van der Waals surface area contributed by atoms with Gasteiger partial charge in [0.15, 0.2) is 11.6 Å². The molecule has 0 spiro atoms. The second-order valence-electron chi connectivity index (χ2n) is 11.2. The molecule has 13 heteroatoms. The lowest BCUT2D eigenvalue weighted by molar-refractivity contribution is 0.0317. The number of amides is 3. The highest BCUT2D eigenvalue weighted by atomic mass is 32.1. The highest BCUT2D eigenvalue weighted by molar-refractivity contribution is 7.22. The molecule has 5 rings (SSSR count). The minimum Gasteiger partial charge on any atom is -0.449 e. The van der Waals surface area contributed by atoms with E-state index in [1.807, 2.05) is 19.1 Å². The lowest BCUT2D eigenvalue weighted by Crippen LogP contribution is -2.53. The van der Waals surface area contributed by atoms with Crippen molar-refractivity contribution < 1.29 is 33.0 Å². The number of pyridine rings is 2. The Bertz CT molecular complexity index is 1470. The van der Waals surface area contributed by atoms with E-state index >= 15 is 4.39 Å². The fraction of sp³-hybridized carbons (Fsp3) is 0.483. The van der Waals surface area contributed by atoms with E-state index in [1.54, 1.807) is 33.2 Å². The monoisotopic (exact) mass is 599 g/mol. The Morgan fingerprint density at radius 3 is 2.83 bits per heavy atom. The van der Waals surface area contributed by atoms with Crippen molar-refractivity contribution in [3.8, 4) is 10.6 Å². The summed E-state index contributed by atoms with van der Waals surface area (Å²) < 4.78 is 33.3. The number of fused-ring (bicyclic) bond motifs is 2. The van der Waals surface area contributed by atoms with Crippen LogP contribution in [0.25, 0.3) is 20.7 Å². The van der Waals surface area contributed by atoms with Crippen molar-refractivity contribution in [3.05, 3.63) is 41.5 Å². The number of nitrogens with zero attached hydrogens (tertiary/aromatic N) is 3. The van der Waals surface area contributed by atoms with Crippen LogP contribution in [0.4, 0.5) is 19.8 Å². The Morgan fingerprint density at radius 2 is 2.10 bits per heavy atom. The summed E-state index contributed by atoms with van der Waals surface area (Å²) in [5.41, 5.74) is -0.353. The first-order valence-corrected chi connectivity index (χ1v) is 14.8. The number of alkyl carbamates (subject to hydrolysis) is 1. The average Bonchev–Trinajstić information content (AvgIpc) is 3.52. The molecular weight excluding hydrogens is 565 g/mol. The molecule has 42 heavy (non-hydrogen) atoms. The number of hydrogen-bond acceptors (Lipinski definition) is 10. The number of hydrogen-bond donors (Lipinski definition) is 2. The van der Waals surface area contributed by atoms with Gasteiger partial charge in [-0.2, -0.15) is 0 Å². The first kappa shape index (κ1) is 29.6. The van der Waals surface area contributed by atoms with Crippen molar-refractivity contribution >= 4 is 45.3 Å². The topological polar surface area (TPSA) is 132 Å². The number of carbonyl (C=O) groups is 3. The number of nitrogens with one attached hydrogen (secondary N) is 2. The summed E-state index contributed by atoms with van der Waals surface area (Å²) in [5.74, 6) is -1.49. The molecule has 5 heterocycles. The minimum atomic E-state index is -0.823. The highest BCUT2D eigenvalue weighted by Crippen LogP contribution is 2.40. The van der Waals surface area contributed by atoms with Crippen LogP contribution in [-0.4, -0.2) is 70.5 Å². The number of anilines is 1. The van der Waals surface area contributed by atoms with Crippen LogP contribution < -0.4 is 10.6 Å². The molecule has 1 fully saturated rings. The first-order chi connectivity index (χ1) is 20.1. The molecule has 0 aromatic carbocycles. The van der Waals surface area contributed by atoms with Crippen LogP contribution in [0.3, 0.4) is 0 Å². The van der Waals surface area contributed by atoms with Gasteiger partial charge in [-0.25, -0.2) is 23.9 Å². The van der Waals surface area contributed by atoms with E-state index in [4.69, 9.17) is 14.2 Å². The van der Waals surface area contributed by atoms with Gasteiger partial charge >= 0.3 is 12.2 Å². The van der Waals surface area contributed by atoms with Crippen LogP contribution in [0.15, 0.2) is 24.5 Å². The number of halogens is 1. The highest BCUT2D eigenvalue weighted by Gasteiger charge is 2.40. The predicted molar refractivity (Wildman–Crippen MR) is 155 cm³/mol. The van der Waals surface area contributed by atoms with Gasteiger partial charge in [0.1, 0.15) is 5.60 Å². The molecule has 224 valence electrons. The van der Waals surface area contributed by atoms with Crippen molar-refractivity contribution in [2.45, 2.75) is 71.2 Å². The average molecular weight is 600 g/mol. The molecule has 2 aliphatic rings. The van der Waals surface area contributed by atoms with Gasteiger partial charge in [0.05, 0.1) is 52.7 Å². The second-order valence-corrected chi connectivity index (χ2v) is 12.3. The standard InChI is InChI=1S/C29H34FN5O6S/c1-5-6-10-40-28(38)35-14-17-22(26(35)36)24(20-12-16-7-9-31-13-21(16)42-20)34-25(23(17)30)32-18-8-11-39-15-19(18)33-27(37)41-29(2,3)4/h7,9,12-13,18-19H,5-6,8,10-11,14-15H2,1-4H3,(H,32,34)(H,33,37)/t18-,19+/m1/s1. The van der Waals surface area contributed by atoms with Crippen LogP contribution >= 0.6 is 11.3 Å². The third kappa shape index (κ3) is 6.31. The first-order valence-electron chi connectivity index (χ1n) is 13.9. The van der Waals surface area contributed by atoms with E-state index in [0.717, 1.165) is 21.4 Å². The molecule has 0 unspecified atom stereocenters. The molecule has 0 saturated carbocycles. The van der Waals surface area contributed by atoms with Crippen LogP contribution in [-0.2, 0) is 20.8 Å². The molecule has 0 radical (unpaired) electrons. The molecule has 11 nitrogen and oxygen atoms in total. The van der Waals surface area contributed by atoms with Crippen LogP contribution in [0, 0.1) is 5.82 Å². The van der Waals surface area contributed by atoms with Crippen molar-refractivity contribution in [3.63, 3.8) is 0 Å². The molecule has 0 bridgehead atoms. The number of ether oxygens (including phenoxy) is 3. The van der Waals surface area contributed by atoms with Gasteiger partial charge in [-0.1, -0.05) is 13.3 Å². The zero-order chi connectivity index (χ0) is 30.0. The molecule has 3 aromatic rings. The van der Waals surface area contributed by atoms with Crippen molar-refractivity contribution in [2.75, 3.05) is 25.1 Å². The van der Waals surface area contributed by atoms with Gasteiger partial charge in [0, 0.05) is 24.6 Å². The van der Waals surface area contributed by atoms with Crippen molar-refractivity contribution in [1.82, 2.24) is 20.2 Å². The number of aromatic nitrogens is 2. The minimum absolute atomic E-state index is 0.0282. The fourth-order valence-corrected chi connectivity index (χ4v) is 5.87. The third-order valence-corrected chi connectivity index (χ3v) is 7.98. The maximum absolute atomic E-state index is 16.2. The quantitative estimate of drug-likeness (QED) is 0.339. The molecule has 0 aliphatic carbocycles. The van der Waals surface area contributed by atoms with Crippen molar-refractivity contribution in [2.24, 2.45) is 0 Å². The van der Waals surface area contributed by atoms with E-state index in [9.17, 15) is 14.4 Å². The van der Waals surface area contributed by atoms with E-state index < -0.39 is 41.6 Å². The van der Waals surface area contributed by atoms with Gasteiger partial charge < -0.3 is 24.8 Å². The summed E-state index contributed by atoms with van der Waals surface area (Å²) in [6.07, 6.45) is 3.85. The van der Waals surface area contributed by atoms with Gasteiger partial charge in [0.25, 0.3) is 5.91 Å². The molecular formula is C29H34FN5O6S. The zero-order valence-corrected chi connectivity index (χ0v) is 24.8. The Morgan fingerprint density at radius 1 is 1.29 bits per heavy atom. The fourth-order valence-electron chi connectivity index (χ4n) is 4.85. The summed E-state index contributed by atoms with van der Waals surface area (Å²) in [6, 6.07) is 2.72. The maximum atomic E-state index is 16.2. The van der Waals surface area contributed by atoms with E-state index in [0.29, 0.717) is 24.3 Å². The number of carbonyl (C=O) groups excluding carboxylic acids is 3. The van der Waals surface area contributed by atoms with E-state index in [-0.39, 0.29) is 42.4 Å². The zero-order valence-electron chi connectivity index (χ0n) is 24.0. The number of unbranched alkanes of at least 4 members (excludes halogenated alkanes) is 1. The molecule has 3 amide bonds. The molecule has 2 atom stereocenters. The summed E-state index contributed by atoms with van der Waals surface area (Å²) in [6.45, 7) is 7.71. The largest absolute Gasteiger partial charge is 0.449 e. The summed E-state index contributed by atoms with van der Waals surface area (Å²) in [5, 5.41) is 6.85. The second kappa shape index (κ2) is 12.2. The summed E-state index contributed by atoms with van der Waals surface area (Å²) in [7, 11) is 0. The Hall–Kier alpha value is -3.84.